The first-order valence-electron chi connectivity index (χ1n) is 14.7. The van der Waals surface area contributed by atoms with Gasteiger partial charge < -0.3 is 23.7 Å². The molecule has 1 saturated heterocycles. The van der Waals surface area contributed by atoms with Crippen molar-refractivity contribution in [1.29, 1.82) is 0 Å². The molecule has 0 spiro atoms. The molecule has 0 aliphatic carbocycles. The van der Waals surface area contributed by atoms with E-state index in [1.54, 1.807) is 11.8 Å². The van der Waals surface area contributed by atoms with E-state index in [4.69, 9.17) is 23.7 Å². The summed E-state index contributed by atoms with van der Waals surface area (Å²) in [6, 6.07) is 40.9. The first-order chi connectivity index (χ1) is 20.8. The average molecular weight is 585 g/mol. The highest BCUT2D eigenvalue weighted by Crippen LogP contribution is 2.35. The van der Waals surface area contributed by atoms with E-state index in [0.29, 0.717) is 33.0 Å². The molecular formula is C36H40O5S. The van der Waals surface area contributed by atoms with Crippen LogP contribution in [0.5, 0.6) is 0 Å². The number of benzene rings is 4. The molecule has 220 valence electrons. The SMILES string of the molecule is CCSC1O[C@H](COCc2ccccc2)[C@H](OCc2ccccc2)[C@H](OCc2ccccc2)[C@H]1OCc1ccccc1. The first kappa shape index (κ1) is 30.5. The number of hydrogen-bond acceptors (Lipinski definition) is 6. The monoisotopic (exact) mass is 584 g/mol. The van der Waals surface area contributed by atoms with Gasteiger partial charge in [-0.15, -0.1) is 11.8 Å². The number of thioether (sulfide) groups is 1. The fraction of sp³-hybridized carbons (Fsp3) is 0.333. The van der Waals surface area contributed by atoms with Crippen molar-refractivity contribution in [2.45, 2.75) is 63.2 Å². The molecule has 1 aliphatic rings. The Kier molecular flexibility index (Phi) is 12.1. The lowest BCUT2D eigenvalue weighted by atomic mass is 9.98. The van der Waals surface area contributed by atoms with Gasteiger partial charge in [0.2, 0.25) is 0 Å². The van der Waals surface area contributed by atoms with Crippen LogP contribution in [0.15, 0.2) is 121 Å². The lowest BCUT2D eigenvalue weighted by Crippen LogP contribution is -2.60. The highest BCUT2D eigenvalue weighted by Gasteiger charge is 2.48. The topological polar surface area (TPSA) is 46.2 Å². The Balaban J connectivity index is 1.40. The van der Waals surface area contributed by atoms with Crippen LogP contribution in [0.1, 0.15) is 29.2 Å². The van der Waals surface area contributed by atoms with Crippen molar-refractivity contribution in [3.05, 3.63) is 144 Å². The highest BCUT2D eigenvalue weighted by molar-refractivity contribution is 7.99. The van der Waals surface area contributed by atoms with E-state index in [-0.39, 0.29) is 23.7 Å². The highest BCUT2D eigenvalue weighted by atomic mass is 32.2. The van der Waals surface area contributed by atoms with Crippen LogP contribution in [0.2, 0.25) is 0 Å². The maximum atomic E-state index is 6.76. The van der Waals surface area contributed by atoms with Gasteiger partial charge in [-0.05, 0) is 28.0 Å². The molecule has 0 aromatic heterocycles. The summed E-state index contributed by atoms with van der Waals surface area (Å²) in [6.07, 6.45) is -1.45. The van der Waals surface area contributed by atoms with Gasteiger partial charge in [0.25, 0.3) is 0 Å². The van der Waals surface area contributed by atoms with E-state index in [0.717, 1.165) is 28.0 Å². The predicted octanol–water partition coefficient (Wildman–Crippen LogP) is 7.44. The fourth-order valence-corrected chi connectivity index (χ4v) is 6.02. The number of ether oxygens (including phenoxy) is 5. The molecule has 1 aliphatic heterocycles. The third-order valence-electron chi connectivity index (χ3n) is 7.17. The van der Waals surface area contributed by atoms with Crippen molar-refractivity contribution in [3.8, 4) is 0 Å². The molecule has 1 fully saturated rings. The predicted molar refractivity (Wildman–Crippen MR) is 168 cm³/mol. The van der Waals surface area contributed by atoms with Crippen LogP contribution in [0, 0.1) is 0 Å². The van der Waals surface area contributed by atoms with Gasteiger partial charge in [-0.25, -0.2) is 0 Å². The zero-order valence-corrected chi connectivity index (χ0v) is 24.9. The Labute approximate surface area is 254 Å². The Morgan fingerprint density at radius 1 is 0.524 bits per heavy atom. The Bertz CT molecular complexity index is 1280. The van der Waals surface area contributed by atoms with Gasteiger partial charge in [-0.3, -0.25) is 0 Å². The molecule has 0 N–H and O–H groups in total. The van der Waals surface area contributed by atoms with Gasteiger partial charge in [0.15, 0.2) is 0 Å². The zero-order chi connectivity index (χ0) is 28.8. The normalized spacial score (nSPS) is 22.2. The molecule has 1 unspecified atom stereocenters. The Morgan fingerprint density at radius 3 is 1.38 bits per heavy atom. The van der Waals surface area contributed by atoms with Crippen molar-refractivity contribution in [2.24, 2.45) is 0 Å². The van der Waals surface area contributed by atoms with Crippen molar-refractivity contribution < 1.29 is 23.7 Å². The lowest BCUT2D eigenvalue weighted by molar-refractivity contribution is -0.254. The van der Waals surface area contributed by atoms with Crippen LogP contribution in [0.4, 0.5) is 0 Å². The van der Waals surface area contributed by atoms with E-state index in [1.807, 2.05) is 72.8 Å². The molecule has 1 heterocycles. The zero-order valence-electron chi connectivity index (χ0n) is 24.1. The minimum atomic E-state index is -0.404. The minimum absolute atomic E-state index is 0.235. The van der Waals surface area contributed by atoms with Crippen molar-refractivity contribution in [3.63, 3.8) is 0 Å². The fourth-order valence-electron chi connectivity index (χ4n) is 5.05. The standard InChI is InChI=1S/C36H40O5S/c1-2-42-36-35(40-26-31-21-13-6-14-22-31)34(39-25-30-19-11-5-12-20-30)33(38-24-29-17-9-4-10-18-29)32(41-36)27-37-23-28-15-7-3-8-16-28/h3-22,32-36H,2,23-27H2,1H3/t32-,33+,34+,35-,36?/m1/s1. The minimum Gasteiger partial charge on any atom is -0.374 e. The number of rotatable bonds is 15. The van der Waals surface area contributed by atoms with Gasteiger partial charge in [0, 0.05) is 0 Å². The molecule has 5 atom stereocenters. The molecule has 4 aromatic rings. The molecule has 4 aromatic carbocycles. The smallest absolute Gasteiger partial charge is 0.132 e. The second-order valence-electron chi connectivity index (χ2n) is 10.3. The molecule has 0 radical (unpaired) electrons. The van der Waals surface area contributed by atoms with Gasteiger partial charge in [0.05, 0.1) is 33.0 Å². The van der Waals surface area contributed by atoms with Crippen LogP contribution in [0.25, 0.3) is 0 Å². The largest absolute Gasteiger partial charge is 0.374 e. The van der Waals surface area contributed by atoms with Crippen LogP contribution < -0.4 is 0 Å². The molecule has 0 amide bonds. The molecular weight excluding hydrogens is 544 g/mol. The first-order valence-corrected chi connectivity index (χ1v) is 15.7. The quantitative estimate of drug-likeness (QED) is 0.145. The van der Waals surface area contributed by atoms with Crippen LogP contribution in [-0.2, 0) is 50.1 Å². The van der Waals surface area contributed by atoms with Gasteiger partial charge >= 0.3 is 0 Å². The van der Waals surface area contributed by atoms with Crippen molar-refractivity contribution in [2.75, 3.05) is 12.4 Å². The summed E-state index contributed by atoms with van der Waals surface area (Å²) in [5.74, 6) is 0.883. The molecule has 0 saturated carbocycles. The van der Waals surface area contributed by atoms with Crippen molar-refractivity contribution >= 4 is 11.8 Å². The van der Waals surface area contributed by atoms with E-state index >= 15 is 0 Å². The summed E-state index contributed by atoms with van der Waals surface area (Å²) >= 11 is 1.73. The third kappa shape index (κ3) is 9.01. The molecule has 0 bridgehead atoms. The maximum Gasteiger partial charge on any atom is 0.132 e. The summed E-state index contributed by atoms with van der Waals surface area (Å²) in [5, 5.41) is 0. The molecule has 5 rings (SSSR count). The van der Waals surface area contributed by atoms with Gasteiger partial charge in [0.1, 0.15) is 29.9 Å². The van der Waals surface area contributed by atoms with Gasteiger partial charge in [-0.2, -0.15) is 0 Å². The summed E-state index contributed by atoms with van der Waals surface area (Å²) < 4.78 is 33.1. The Morgan fingerprint density at radius 2 is 0.929 bits per heavy atom. The van der Waals surface area contributed by atoms with Crippen LogP contribution >= 0.6 is 11.8 Å². The van der Waals surface area contributed by atoms with E-state index in [1.165, 1.54) is 0 Å². The molecule has 42 heavy (non-hydrogen) atoms. The van der Waals surface area contributed by atoms with Crippen LogP contribution in [-0.4, -0.2) is 42.2 Å². The summed E-state index contributed by atoms with van der Waals surface area (Å²) in [4.78, 5) is 0. The average Bonchev–Trinajstić information content (AvgIpc) is 3.05. The van der Waals surface area contributed by atoms with Gasteiger partial charge in [-0.1, -0.05) is 128 Å². The van der Waals surface area contributed by atoms with Crippen molar-refractivity contribution in [1.82, 2.24) is 0 Å². The second-order valence-corrected chi connectivity index (χ2v) is 11.7. The van der Waals surface area contributed by atoms with E-state index < -0.39 is 6.10 Å². The third-order valence-corrected chi connectivity index (χ3v) is 8.21. The number of hydrogen-bond donors (Lipinski definition) is 0. The molecule has 6 heteroatoms. The van der Waals surface area contributed by atoms with E-state index in [2.05, 4.69) is 55.5 Å². The lowest BCUT2D eigenvalue weighted by Gasteiger charge is -2.46. The second kappa shape index (κ2) is 16.6. The Hall–Kier alpha value is -2.97. The maximum absolute atomic E-state index is 6.76. The molecule has 5 nitrogen and oxygen atoms in total. The summed E-state index contributed by atoms with van der Waals surface area (Å²) in [7, 11) is 0. The van der Waals surface area contributed by atoms with E-state index in [9.17, 15) is 0 Å². The van der Waals surface area contributed by atoms with Crippen LogP contribution in [0.3, 0.4) is 0 Å². The summed E-state index contributed by atoms with van der Waals surface area (Å²) in [5.41, 5.74) is 4.19. The summed E-state index contributed by atoms with van der Waals surface area (Å²) in [6.45, 7) is 4.37.